The number of nitrogens with one attached hydrogen (secondary N) is 3. The van der Waals surface area contributed by atoms with Crippen molar-refractivity contribution in [3.8, 4) is 0 Å². The minimum Gasteiger partial charge on any atom is -0.316 e. The van der Waals surface area contributed by atoms with Gasteiger partial charge < -0.3 is 10.6 Å². The van der Waals surface area contributed by atoms with Gasteiger partial charge in [0.15, 0.2) is 0 Å². The van der Waals surface area contributed by atoms with E-state index in [1.165, 1.54) is 38.6 Å². The predicted molar refractivity (Wildman–Crippen MR) is 117 cm³/mol. The van der Waals surface area contributed by atoms with Gasteiger partial charge in [-0.15, -0.1) is 0 Å². The zero-order valence-electron chi connectivity index (χ0n) is 18.2. The Morgan fingerprint density at radius 3 is 2.50 bits per heavy atom. The van der Waals surface area contributed by atoms with Crippen molar-refractivity contribution in [2.24, 2.45) is 11.3 Å². The molecular formula is C24H30N4O4. The average Bonchev–Trinajstić information content (AvgIpc) is 3.33. The van der Waals surface area contributed by atoms with Gasteiger partial charge in [-0.05, 0) is 80.6 Å². The SMILES string of the molecule is O=C1CCC(N2C(=O)c3ccc(CNCC4CCC5(CCNC5)CC4)cc3C2=O)C(=O)N1. The summed E-state index contributed by atoms with van der Waals surface area (Å²) >= 11 is 0. The lowest BCUT2D eigenvalue weighted by molar-refractivity contribution is -0.136. The highest BCUT2D eigenvalue weighted by molar-refractivity contribution is 6.23. The summed E-state index contributed by atoms with van der Waals surface area (Å²) in [6.45, 7) is 3.92. The van der Waals surface area contributed by atoms with Gasteiger partial charge in [0.2, 0.25) is 11.8 Å². The van der Waals surface area contributed by atoms with Crippen LogP contribution < -0.4 is 16.0 Å². The normalized spacial score (nSPS) is 30.2. The van der Waals surface area contributed by atoms with Gasteiger partial charge in [0.1, 0.15) is 6.04 Å². The van der Waals surface area contributed by atoms with Crippen LogP contribution in [0.5, 0.6) is 0 Å². The quantitative estimate of drug-likeness (QED) is 0.599. The molecule has 3 heterocycles. The minimum absolute atomic E-state index is 0.123. The minimum atomic E-state index is -0.925. The Balaban J connectivity index is 1.18. The molecule has 32 heavy (non-hydrogen) atoms. The number of hydrogen-bond acceptors (Lipinski definition) is 6. The molecule has 0 bridgehead atoms. The zero-order valence-corrected chi connectivity index (χ0v) is 18.2. The van der Waals surface area contributed by atoms with Crippen molar-refractivity contribution < 1.29 is 19.2 Å². The fraction of sp³-hybridized carbons (Fsp3) is 0.583. The maximum absolute atomic E-state index is 12.9. The summed E-state index contributed by atoms with van der Waals surface area (Å²) in [5.74, 6) is -1.19. The molecule has 1 aromatic carbocycles. The number of benzene rings is 1. The van der Waals surface area contributed by atoms with E-state index in [4.69, 9.17) is 0 Å². The molecule has 1 aliphatic carbocycles. The zero-order chi connectivity index (χ0) is 22.3. The van der Waals surface area contributed by atoms with Crippen LogP contribution in [0.1, 0.15) is 71.2 Å². The predicted octanol–water partition coefficient (Wildman–Crippen LogP) is 1.35. The Hall–Kier alpha value is -2.58. The largest absolute Gasteiger partial charge is 0.316 e. The highest BCUT2D eigenvalue weighted by Crippen LogP contribution is 2.42. The smallest absolute Gasteiger partial charge is 0.262 e. The number of imide groups is 2. The number of fused-ring (bicyclic) bond motifs is 1. The lowest BCUT2D eigenvalue weighted by atomic mass is 9.70. The van der Waals surface area contributed by atoms with E-state index < -0.39 is 23.8 Å². The van der Waals surface area contributed by atoms with Gasteiger partial charge in [-0.2, -0.15) is 0 Å². The lowest BCUT2D eigenvalue weighted by Crippen LogP contribution is -2.54. The van der Waals surface area contributed by atoms with Gasteiger partial charge in [0.25, 0.3) is 11.8 Å². The van der Waals surface area contributed by atoms with Crippen molar-refractivity contribution in [3.63, 3.8) is 0 Å². The van der Waals surface area contributed by atoms with Crippen LogP contribution in [0.3, 0.4) is 0 Å². The molecule has 170 valence electrons. The third kappa shape index (κ3) is 3.86. The molecule has 3 N–H and O–H groups in total. The average molecular weight is 439 g/mol. The molecule has 8 nitrogen and oxygen atoms in total. The van der Waals surface area contributed by atoms with Crippen LogP contribution in [0.25, 0.3) is 0 Å². The second kappa shape index (κ2) is 8.41. The molecule has 0 radical (unpaired) electrons. The summed E-state index contributed by atoms with van der Waals surface area (Å²) in [7, 11) is 0. The van der Waals surface area contributed by atoms with Crippen LogP contribution in [0.15, 0.2) is 18.2 Å². The monoisotopic (exact) mass is 438 g/mol. The van der Waals surface area contributed by atoms with Crippen molar-refractivity contribution in [1.82, 2.24) is 20.9 Å². The molecule has 2 saturated heterocycles. The van der Waals surface area contributed by atoms with Crippen LogP contribution in [-0.4, -0.2) is 54.2 Å². The van der Waals surface area contributed by atoms with E-state index in [0.29, 0.717) is 29.0 Å². The molecule has 3 aliphatic heterocycles. The van der Waals surface area contributed by atoms with Gasteiger partial charge in [0, 0.05) is 19.5 Å². The number of hydrogen-bond donors (Lipinski definition) is 3. The summed E-state index contributed by atoms with van der Waals surface area (Å²) in [5, 5.41) is 9.26. The first-order valence-electron chi connectivity index (χ1n) is 11.7. The van der Waals surface area contributed by atoms with Crippen LogP contribution in [0, 0.1) is 11.3 Å². The molecule has 4 aliphatic rings. The number of carbonyl (C=O) groups is 4. The van der Waals surface area contributed by atoms with Crippen LogP contribution in [0.2, 0.25) is 0 Å². The second-order valence-electron chi connectivity index (χ2n) is 9.83. The third-order valence-electron chi connectivity index (χ3n) is 7.76. The molecule has 8 heteroatoms. The number of carbonyl (C=O) groups excluding carboxylic acids is 4. The van der Waals surface area contributed by atoms with E-state index in [1.54, 1.807) is 12.1 Å². The molecule has 1 aromatic rings. The van der Waals surface area contributed by atoms with Crippen molar-refractivity contribution in [1.29, 1.82) is 0 Å². The molecule has 1 atom stereocenters. The standard InChI is InChI=1S/C24H30N4O4/c29-20-4-3-19(21(30)27-20)28-22(31)17-2-1-16(11-18(17)23(28)32)13-26-12-15-5-7-24(8-6-15)9-10-25-14-24/h1-2,11,15,19,25-26H,3-10,12-14H2,(H,27,29,30). The Morgan fingerprint density at radius 1 is 1.00 bits per heavy atom. The molecule has 5 rings (SSSR count). The number of amides is 4. The number of rotatable bonds is 5. The summed E-state index contributed by atoms with van der Waals surface area (Å²) in [4.78, 5) is 50.3. The second-order valence-corrected chi connectivity index (χ2v) is 9.83. The maximum Gasteiger partial charge on any atom is 0.262 e. The molecule has 1 saturated carbocycles. The van der Waals surface area contributed by atoms with Crippen molar-refractivity contribution in [3.05, 3.63) is 34.9 Å². The first-order valence-corrected chi connectivity index (χ1v) is 11.7. The van der Waals surface area contributed by atoms with E-state index in [2.05, 4.69) is 16.0 Å². The van der Waals surface area contributed by atoms with Gasteiger partial charge in [-0.25, -0.2) is 0 Å². The Morgan fingerprint density at radius 2 is 1.78 bits per heavy atom. The Bertz CT molecular complexity index is 959. The molecule has 1 unspecified atom stereocenters. The van der Waals surface area contributed by atoms with E-state index in [1.807, 2.05) is 6.07 Å². The van der Waals surface area contributed by atoms with Crippen molar-refractivity contribution >= 4 is 23.6 Å². The number of piperidine rings is 1. The topological polar surface area (TPSA) is 108 Å². The fourth-order valence-corrected chi connectivity index (χ4v) is 5.77. The summed E-state index contributed by atoms with van der Waals surface area (Å²) in [6, 6.07) is 4.38. The Kier molecular flexibility index (Phi) is 5.59. The van der Waals surface area contributed by atoms with Crippen molar-refractivity contribution in [2.75, 3.05) is 19.6 Å². The van der Waals surface area contributed by atoms with Crippen LogP contribution in [-0.2, 0) is 16.1 Å². The summed E-state index contributed by atoms with van der Waals surface area (Å²) < 4.78 is 0. The van der Waals surface area contributed by atoms with Gasteiger partial charge >= 0.3 is 0 Å². The maximum atomic E-state index is 12.9. The first kappa shape index (κ1) is 21.3. The fourth-order valence-electron chi connectivity index (χ4n) is 5.77. The van der Waals surface area contributed by atoms with Gasteiger partial charge in [-0.1, -0.05) is 6.07 Å². The molecule has 4 amide bonds. The lowest BCUT2D eigenvalue weighted by Gasteiger charge is -2.36. The van der Waals surface area contributed by atoms with E-state index >= 15 is 0 Å². The molecule has 1 spiro atoms. The highest BCUT2D eigenvalue weighted by Gasteiger charge is 2.44. The Labute approximate surface area is 187 Å². The third-order valence-corrected chi connectivity index (χ3v) is 7.76. The molecule has 3 fully saturated rings. The van der Waals surface area contributed by atoms with Crippen LogP contribution >= 0.6 is 0 Å². The van der Waals surface area contributed by atoms with E-state index in [-0.39, 0.29) is 18.7 Å². The van der Waals surface area contributed by atoms with E-state index in [0.717, 1.165) is 23.6 Å². The van der Waals surface area contributed by atoms with Gasteiger partial charge in [0.05, 0.1) is 11.1 Å². The van der Waals surface area contributed by atoms with Crippen LogP contribution in [0.4, 0.5) is 0 Å². The van der Waals surface area contributed by atoms with E-state index in [9.17, 15) is 19.2 Å². The number of nitrogens with zero attached hydrogens (tertiary/aromatic N) is 1. The molecule has 0 aromatic heterocycles. The highest BCUT2D eigenvalue weighted by atomic mass is 16.2. The van der Waals surface area contributed by atoms with Crippen molar-refractivity contribution in [2.45, 2.75) is 57.5 Å². The first-order chi connectivity index (χ1) is 15.5. The summed E-state index contributed by atoms with van der Waals surface area (Å²) in [5.41, 5.74) is 2.15. The summed E-state index contributed by atoms with van der Waals surface area (Å²) in [6.07, 6.45) is 6.72. The molecular weight excluding hydrogens is 408 g/mol. The van der Waals surface area contributed by atoms with Gasteiger partial charge in [-0.3, -0.25) is 29.4 Å².